The van der Waals surface area contributed by atoms with Crippen molar-refractivity contribution in [1.29, 1.82) is 0 Å². The Morgan fingerprint density at radius 1 is 1.19 bits per heavy atom. The topological polar surface area (TPSA) is 81.4 Å². The number of aryl methyl sites for hydroxylation is 2. The zero-order valence-corrected chi connectivity index (χ0v) is 23.5. The number of hydrogen-bond donors (Lipinski definition) is 1. The van der Waals surface area contributed by atoms with Crippen LogP contribution in [0.15, 0.2) is 29.3 Å². The van der Waals surface area contributed by atoms with Crippen molar-refractivity contribution in [3.63, 3.8) is 0 Å². The minimum atomic E-state index is -0.490. The predicted octanol–water partition coefficient (Wildman–Crippen LogP) is 5.76. The van der Waals surface area contributed by atoms with E-state index < -0.39 is 11.6 Å². The van der Waals surface area contributed by atoms with Crippen LogP contribution < -0.4 is 5.32 Å². The van der Waals surface area contributed by atoms with Crippen molar-refractivity contribution in [1.82, 2.24) is 20.1 Å². The van der Waals surface area contributed by atoms with Gasteiger partial charge in [0.2, 0.25) is 5.91 Å². The van der Waals surface area contributed by atoms with Crippen LogP contribution in [-0.2, 0) is 9.53 Å². The minimum absolute atomic E-state index is 0.106. The minimum Gasteiger partial charge on any atom is -0.373 e. The van der Waals surface area contributed by atoms with Crippen molar-refractivity contribution < 1.29 is 9.53 Å². The summed E-state index contributed by atoms with van der Waals surface area (Å²) in [6.07, 6.45) is 0.155. The monoisotopic (exact) mass is 527 g/mol. The van der Waals surface area contributed by atoms with Crippen LogP contribution in [0.5, 0.6) is 0 Å². The van der Waals surface area contributed by atoms with E-state index in [4.69, 9.17) is 21.3 Å². The van der Waals surface area contributed by atoms with E-state index in [0.717, 1.165) is 33.2 Å². The first kappa shape index (κ1) is 26.5. The second-order valence-corrected chi connectivity index (χ2v) is 12.0. The molecule has 3 aromatic rings. The van der Waals surface area contributed by atoms with Gasteiger partial charge in [0, 0.05) is 34.2 Å². The molecule has 0 fully saturated rings. The van der Waals surface area contributed by atoms with Crippen LogP contribution in [0.2, 0.25) is 5.02 Å². The van der Waals surface area contributed by atoms with Crippen LogP contribution in [0, 0.1) is 26.7 Å². The number of aromatic nitrogens is 3. The number of aliphatic imine (C=N–C) groups is 1. The molecule has 0 saturated heterocycles. The Bertz CT molecular complexity index is 1290. The molecule has 1 aliphatic rings. The standard InChI is InChI=1S/C27H34ClN5O2S/c1-15(2)13-35-27(6,7)14-29-22(34)12-21-25-32-31-18(5)33(25)26-23(16(3)17(4)36-26)24(30-21)19-8-10-20(28)11-9-19/h8-11,15,21H,12-14H2,1-7H3,(H,29,34)/t21-/m0/s1. The highest BCUT2D eigenvalue weighted by Crippen LogP contribution is 2.39. The average molecular weight is 528 g/mol. The maximum Gasteiger partial charge on any atom is 0.222 e. The maximum atomic E-state index is 13.1. The first-order chi connectivity index (χ1) is 17.0. The summed E-state index contributed by atoms with van der Waals surface area (Å²) >= 11 is 7.87. The molecule has 1 amide bonds. The van der Waals surface area contributed by atoms with E-state index in [1.165, 1.54) is 4.88 Å². The predicted molar refractivity (Wildman–Crippen MR) is 146 cm³/mol. The molecule has 0 radical (unpaired) electrons. The van der Waals surface area contributed by atoms with Gasteiger partial charge in [0.15, 0.2) is 5.82 Å². The molecule has 3 heterocycles. The van der Waals surface area contributed by atoms with Gasteiger partial charge in [0.05, 0.1) is 17.7 Å². The van der Waals surface area contributed by atoms with Gasteiger partial charge in [0.1, 0.15) is 16.9 Å². The third-order valence-corrected chi connectivity index (χ3v) is 7.70. The molecular formula is C27H34ClN5O2S. The fourth-order valence-corrected chi connectivity index (χ4v) is 5.47. The van der Waals surface area contributed by atoms with E-state index in [-0.39, 0.29) is 12.3 Å². The number of ether oxygens (including phenoxy) is 1. The van der Waals surface area contributed by atoms with Crippen LogP contribution in [0.1, 0.15) is 73.4 Å². The summed E-state index contributed by atoms with van der Waals surface area (Å²) in [6.45, 7) is 15.4. The summed E-state index contributed by atoms with van der Waals surface area (Å²) in [4.78, 5) is 19.5. The Morgan fingerprint density at radius 3 is 2.56 bits per heavy atom. The molecule has 0 bridgehead atoms. The van der Waals surface area contributed by atoms with Crippen molar-refractivity contribution in [3.05, 3.63) is 62.5 Å². The van der Waals surface area contributed by atoms with E-state index in [1.54, 1.807) is 11.3 Å². The van der Waals surface area contributed by atoms with E-state index in [1.807, 2.05) is 45.0 Å². The van der Waals surface area contributed by atoms with Crippen molar-refractivity contribution in [2.75, 3.05) is 13.2 Å². The fraction of sp³-hybridized carbons (Fsp3) is 0.481. The molecule has 0 spiro atoms. The van der Waals surface area contributed by atoms with Gasteiger partial charge in [-0.2, -0.15) is 0 Å². The summed E-state index contributed by atoms with van der Waals surface area (Å²) in [5.74, 6) is 1.76. The molecule has 4 rings (SSSR count). The van der Waals surface area contributed by atoms with Gasteiger partial charge < -0.3 is 10.1 Å². The molecule has 1 aromatic carbocycles. The van der Waals surface area contributed by atoms with Crippen molar-refractivity contribution >= 4 is 34.6 Å². The highest BCUT2D eigenvalue weighted by Gasteiger charge is 2.32. The van der Waals surface area contributed by atoms with Crippen LogP contribution in [0.3, 0.4) is 0 Å². The van der Waals surface area contributed by atoms with Crippen molar-refractivity contribution in [2.45, 2.75) is 66.5 Å². The molecule has 36 heavy (non-hydrogen) atoms. The van der Waals surface area contributed by atoms with Gasteiger partial charge in [-0.3, -0.25) is 14.4 Å². The number of thiophene rings is 1. The second kappa shape index (κ2) is 10.4. The van der Waals surface area contributed by atoms with Crippen LogP contribution in [0.4, 0.5) is 0 Å². The molecule has 7 nitrogen and oxygen atoms in total. The number of halogens is 1. The number of rotatable bonds is 8. The molecule has 2 aromatic heterocycles. The Hall–Kier alpha value is -2.55. The number of carbonyl (C=O) groups is 1. The normalized spacial score (nSPS) is 15.4. The highest BCUT2D eigenvalue weighted by molar-refractivity contribution is 7.15. The lowest BCUT2D eigenvalue weighted by Gasteiger charge is -2.27. The SMILES string of the molecule is Cc1sc2c(c1C)C(c1ccc(Cl)cc1)=N[C@@H](CC(=O)NCC(C)(C)OCC(C)C)c1nnc(C)n1-2. The first-order valence-electron chi connectivity index (χ1n) is 12.2. The summed E-state index contributed by atoms with van der Waals surface area (Å²) in [6, 6.07) is 7.19. The third kappa shape index (κ3) is 5.56. The molecular weight excluding hydrogens is 494 g/mol. The van der Waals surface area contributed by atoms with Gasteiger partial charge in [-0.1, -0.05) is 37.6 Å². The third-order valence-electron chi connectivity index (χ3n) is 6.25. The Morgan fingerprint density at radius 2 is 1.89 bits per heavy atom. The van der Waals surface area contributed by atoms with Gasteiger partial charge in [-0.25, -0.2) is 0 Å². The molecule has 1 aliphatic heterocycles. The molecule has 0 unspecified atom stereocenters. The van der Waals surface area contributed by atoms with E-state index in [9.17, 15) is 4.79 Å². The summed E-state index contributed by atoms with van der Waals surface area (Å²) in [5, 5.41) is 13.6. The lowest BCUT2D eigenvalue weighted by Crippen LogP contribution is -2.41. The Labute approximate surface area is 222 Å². The number of carbonyl (C=O) groups excluding carboxylic acids is 1. The lowest BCUT2D eigenvalue weighted by atomic mass is 9.99. The molecule has 0 saturated carbocycles. The zero-order valence-electron chi connectivity index (χ0n) is 22.0. The van der Waals surface area contributed by atoms with Crippen LogP contribution in [0.25, 0.3) is 5.00 Å². The van der Waals surface area contributed by atoms with E-state index in [2.05, 4.69) is 47.8 Å². The number of nitrogens with one attached hydrogen (secondary N) is 1. The number of fused-ring (bicyclic) bond motifs is 3. The summed E-state index contributed by atoms with van der Waals surface area (Å²) in [7, 11) is 0. The summed E-state index contributed by atoms with van der Waals surface area (Å²) in [5.41, 5.74) is 3.54. The number of amides is 1. The Balaban J connectivity index is 1.69. The van der Waals surface area contributed by atoms with Crippen LogP contribution in [-0.4, -0.2) is 45.1 Å². The number of benzene rings is 1. The van der Waals surface area contributed by atoms with Gasteiger partial charge in [-0.05, 0) is 58.2 Å². The van der Waals surface area contributed by atoms with Crippen molar-refractivity contribution in [2.24, 2.45) is 10.9 Å². The highest BCUT2D eigenvalue weighted by atomic mass is 35.5. The van der Waals surface area contributed by atoms with Crippen LogP contribution >= 0.6 is 22.9 Å². The number of hydrogen-bond acceptors (Lipinski definition) is 6. The molecule has 1 N–H and O–H groups in total. The van der Waals surface area contributed by atoms with Gasteiger partial charge in [-0.15, -0.1) is 21.5 Å². The zero-order chi connectivity index (χ0) is 26.2. The molecule has 192 valence electrons. The van der Waals surface area contributed by atoms with E-state index in [0.29, 0.717) is 29.9 Å². The average Bonchev–Trinajstić information content (AvgIpc) is 3.29. The fourth-order valence-electron chi connectivity index (χ4n) is 4.14. The number of nitrogens with zero attached hydrogens (tertiary/aromatic N) is 4. The Kier molecular flexibility index (Phi) is 7.69. The molecule has 0 aliphatic carbocycles. The first-order valence-corrected chi connectivity index (χ1v) is 13.4. The van der Waals surface area contributed by atoms with E-state index >= 15 is 0 Å². The molecule has 1 atom stereocenters. The second-order valence-electron chi connectivity index (χ2n) is 10.4. The molecule has 9 heteroatoms. The lowest BCUT2D eigenvalue weighted by molar-refractivity contribution is -0.123. The van der Waals surface area contributed by atoms with Gasteiger partial charge in [0.25, 0.3) is 0 Å². The van der Waals surface area contributed by atoms with Gasteiger partial charge >= 0.3 is 0 Å². The maximum absolute atomic E-state index is 13.1. The van der Waals surface area contributed by atoms with Crippen molar-refractivity contribution in [3.8, 4) is 5.00 Å². The smallest absolute Gasteiger partial charge is 0.222 e. The quantitative estimate of drug-likeness (QED) is 0.404. The summed E-state index contributed by atoms with van der Waals surface area (Å²) < 4.78 is 8.03. The largest absolute Gasteiger partial charge is 0.373 e.